The van der Waals surface area contributed by atoms with Crippen LogP contribution >= 0.6 is 11.3 Å². The highest BCUT2D eigenvalue weighted by Crippen LogP contribution is 2.19. The van der Waals surface area contributed by atoms with Crippen LogP contribution in [0.15, 0.2) is 6.20 Å². The normalized spacial score (nSPS) is 12.8. The van der Waals surface area contributed by atoms with Gasteiger partial charge in [0.1, 0.15) is 0 Å². The van der Waals surface area contributed by atoms with Gasteiger partial charge in [0.15, 0.2) is 5.13 Å². The molecule has 4 nitrogen and oxygen atoms in total. The number of nitrogens with zero attached hydrogens (tertiary/aromatic N) is 2. The Bertz CT molecular complexity index is 301. The summed E-state index contributed by atoms with van der Waals surface area (Å²) in [6.45, 7) is 6.61. The van der Waals surface area contributed by atoms with Gasteiger partial charge in [0, 0.05) is 44.9 Å². The second kappa shape index (κ2) is 6.83. The minimum Gasteiger partial charge on any atom is -0.377 e. The van der Waals surface area contributed by atoms with Crippen LogP contribution in [-0.4, -0.2) is 38.3 Å². The van der Waals surface area contributed by atoms with Gasteiger partial charge < -0.3 is 15.0 Å². The first-order valence-electron chi connectivity index (χ1n) is 5.57. The zero-order valence-electron chi connectivity index (χ0n) is 10.5. The Hall–Kier alpha value is -0.650. The zero-order valence-corrected chi connectivity index (χ0v) is 11.3. The number of anilines is 1. The molecule has 0 aliphatic rings. The molecule has 1 atom stereocenters. The molecule has 1 aromatic rings. The van der Waals surface area contributed by atoms with Crippen molar-refractivity contribution in [1.29, 1.82) is 0 Å². The molecule has 92 valence electrons. The largest absolute Gasteiger partial charge is 0.377 e. The Morgan fingerprint density at radius 1 is 1.56 bits per heavy atom. The van der Waals surface area contributed by atoms with Gasteiger partial charge in [0.2, 0.25) is 0 Å². The van der Waals surface area contributed by atoms with Crippen molar-refractivity contribution in [2.75, 3.05) is 32.1 Å². The zero-order chi connectivity index (χ0) is 12.0. The van der Waals surface area contributed by atoms with Gasteiger partial charge in [-0.1, -0.05) is 0 Å². The number of nitrogens with one attached hydrogen (secondary N) is 1. The molecule has 1 N–H and O–H groups in total. The van der Waals surface area contributed by atoms with Gasteiger partial charge in [-0.25, -0.2) is 4.98 Å². The van der Waals surface area contributed by atoms with Gasteiger partial charge in [-0.05, 0) is 13.8 Å². The third-order valence-electron chi connectivity index (χ3n) is 2.11. The Balaban J connectivity index is 2.26. The van der Waals surface area contributed by atoms with Crippen LogP contribution in [0.5, 0.6) is 0 Å². The molecular weight excluding hydrogens is 222 g/mol. The second-order valence-corrected chi connectivity index (χ2v) is 4.99. The van der Waals surface area contributed by atoms with Crippen molar-refractivity contribution >= 4 is 16.5 Å². The van der Waals surface area contributed by atoms with Crippen LogP contribution in [-0.2, 0) is 11.3 Å². The van der Waals surface area contributed by atoms with Crippen molar-refractivity contribution in [3.63, 3.8) is 0 Å². The summed E-state index contributed by atoms with van der Waals surface area (Å²) >= 11 is 1.72. The van der Waals surface area contributed by atoms with Crippen molar-refractivity contribution in [1.82, 2.24) is 10.3 Å². The molecule has 1 heterocycles. The van der Waals surface area contributed by atoms with Crippen molar-refractivity contribution in [3.8, 4) is 0 Å². The second-order valence-electron chi connectivity index (χ2n) is 3.90. The summed E-state index contributed by atoms with van der Waals surface area (Å²) in [5.74, 6) is 0. The lowest BCUT2D eigenvalue weighted by Crippen LogP contribution is -2.26. The molecule has 0 saturated heterocycles. The molecular formula is C11H21N3OS. The Morgan fingerprint density at radius 2 is 2.31 bits per heavy atom. The molecule has 0 saturated carbocycles. The number of hydrogen-bond donors (Lipinski definition) is 1. The van der Waals surface area contributed by atoms with Crippen LogP contribution in [0.1, 0.15) is 18.7 Å². The SMILES string of the molecule is CCOC(C)CNCc1cnc(N(C)C)s1. The maximum Gasteiger partial charge on any atom is 0.185 e. The maximum absolute atomic E-state index is 5.44. The molecule has 16 heavy (non-hydrogen) atoms. The average molecular weight is 243 g/mol. The summed E-state index contributed by atoms with van der Waals surface area (Å²) in [6.07, 6.45) is 2.20. The lowest BCUT2D eigenvalue weighted by atomic mass is 10.4. The van der Waals surface area contributed by atoms with Gasteiger partial charge in [-0.15, -0.1) is 11.3 Å². The molecule has 5 heteroatoms. The fraction of sp³-hybridized carbons (Fsp3) is 0.727. The predicted octanol–water partition coefficient (Wildman–Crippen LogP) is 1.72. The molecule has 1 unspecified atom stereocenters. The third-order valence-corrected chi connectivity index (χ3v) is 3.27. The monoisotopic (exact) mass is 243 g/mol. The van der Waals surface area contributed by atoms with Crippen molar-refractivity contribution < 1.29 is 4.74 Å². The molecule has 0 aliphatic carbocycles. The van der Waals surface area contributed by atoms with Crippen LogP contribution in [0.4, 0.5) is 5.13 Å². The molecule has 1 rings (SSSR count). The van der Waals surface area contributed by atoms with Crippen LogP contribution < -0.4 is 10.2 Å². The van der Waals surface area contributed by atoms with Gasteiger partial charge in [-0.3, -0.25) is 0 Å². The van der Waals surface area contributed by atoms with Crippen LogP contribution in [0.3, 0.4) is 0 Å². The molecule has 0 aliphatic heterocycles. The molecule has 0 fully saturated rings. The number of rotatable bonds is 7. The van der Waals surface area contributed by atoms with E-state index in [2.05, 4.69) is 17.2 Å². The fourth-order valence-electron chi connectivity index (χ4n) is 1.33. The van der Waals surface area contributed by atoms with Crippen molar-refractivity contribution in [2.45, 2.75) is 26.5 Å². The van der Waals surface area contributed by atoms with Gasteiger partial charge in [0.05, 0.1) is 6.10 Å². The number of thiazole rings is 1. The predicted molar refractivity (Wildman–Crippen MR) is 69.2 cm³/mol. The maximum atomic E-state index is 5.44. The Morgan fingerprint density at radius 3 is 2.88 bits per heavy atom. The van der Waals surface area contributed by atoms with E-state index in [-0.39, 0.29) is 6.10 Å². The molecule has 1 aromatic heterocycles. The Kier molecular flexibility index (Phi) is 5.73. The number of hydrogen-bond acceptors (Lipinski definition) is 5. The molecule has 0 aromatic carbocycles. The third kappa shape index (κ3) is 4.47. The summed E-state index contributed by atoms with van der Waals surface area (Å²) in [5, 5.41) is 4.42. The van der Waals surface area contributed by atoms with E-state index in [4.69, 9.17) is 4.74 Å². The molecule has 0 amide bonds. The smallest absolute Gasteiger partial charge is 0.185 e. The summed E-state index contributed by atoms with van der Waals surface area (Å²) in [4.78, 5) is 7.60. The molecule has 0 bridgehead atoms. The molecule has 0 spiro atoms. The Labute approximate surface area is 102 Å². The quantitative estimate of drug-likeness (QED) is 0.791. The highest BCUT2D eigenvalue weighted by Gasteiger charge is 2.04. The lowest BCUT2D eigenvalue weighted by molar-refractivity contribution is 0.0760. The number of ether oxygens (including phenoxy) is 1. The minimum atomic E-state index is 0.270. The lowest BCUT2D eigenvalue weighted by Gasteiger charge is -2.11. The fourth-order valence-corrected chi connectivity index (χ4v) is 2.13. The summed E-state index contributed by atoms with van der Waals surface area (Å²) in [6, 6.07) is 0. The van der Waals surface area contributed by atoms with Crippen LogP contribution in [0.2, 0.25) is 0 Å². The minimum absolute atomic E-state index is 0.270. The van der Waals surface area contributed by atoms with Crippen LogP contribution in [0.25, 0.3) is 0 Å². The highest BCUT2D eigenvalue weighted by atomic mass is 32.1. The van der Waals surface area contributed by atoms with E-state index in [1.807, 2.05) is 32.1 Å². The van der Waals surface area contributed by atoms with E-state index in [0.29, 0.717) is 0 Å². The summed E-state index contributed by atoms with van der Waals surface area (Å²) in [7, 11) is 4.01. The van der Waals surface area contributed by atoms with E-state index >= 15 is 0 Å². The van der Waals surface area contributed by atoms with Crippen LogP contribution in [0, 0.1) is 0 Å². The van der Waals surface area contributed by atoms with E-state index in [9.17, 15) is 0 Å². The van der Waals surface area contributed by atoms with Crippen molar-refractivity contribution in [2.24, 2.45) is 0 Å². The van der Waals surface area contributed by atoms with E-state index in [1.54, 1.807) is 11.3 Å². The van der Waals surface area contributed by atoms with E-state index in [1.165, 1.54) is 4.88 Å². The standard InChI is InChI=1S/C11H21N3OS/c1-5-15-9(2)6-12-7-10-8-13-11(16-10)14(3)4/h8-9,12H,5-7H2,1-4H3. The van der Waals surface area contributed by atoms with E-state index in [0.717, 1.165) is 24.8 Å². The van der Waals surface area contributed by atoms with Gasteiger partial charge in [0.25, 0.3) is 0 Å². The van der Waals surface area contributed by atoms with E-state index < -0.39 is 0 Å². The average Bonchev–Trinajstić information content (AvgIpc) is 2.67. The summed E-state index contributed by atoms with van der Waals surface area (Å²) in [5.41, 5.74) is 0. The summed E-state index contributed by atoms with van der Waals surface area (Å²) < 4.78 is 5.44. The van der Waals surface area contributed by atoms with Gasteiger partial charge >= 0.3 is 0 Å². The number of aromatic nitrogens is 1. The van der Waals surface area contributed by atoms with Gasteiger partial charge in [-0.2, -0.15) is 0 Å². The first-order chi connectivity index (χ1) is 7.63. The van der Waals surface area contributed by atoms with Crippen molar-refractivity contribution in [3.05, 3.63) is 11.1 Å². The first-order valence-corrected chi connectivity index (χ1v) is 6.39. The first kappa shape index (κ1) is 13.4. The topological polar surface area (TPSA) is 37.4 Å². The molecule has 0 radical (unpaired) electrons. The highest BCUT2D eigenvalue weighted by molar-refractivity contribution is 7.15.